The average molecular weight is 472 g/mol. The predicted octanol–water partition coefficient (Wildman–Crippen LogP) is 5.22. The van der Waals surface area contributed by atoms with Crippen LogP contribution in [0.2, 0.25) is 0 Å². The van der Waals surface area contributed by atoms with Crippen molar-refractivity contribution < 1.29 is 23.8 Å². The van der Waals surface area contributed by atoms with Crippen molar-refractivity contribution in [3.8, 4) is 11.5 Å². The summed E-state index contributed by atoms with van der Waals surface area (Å²) in [5.41, 5.74) is 2.45. The van der Waals surface area contributed by atoms with Gasteiger partial charge >= 0.3 is 0 Å². The molecule has 0 bridgehead atoms. The van der Waals surface area contributed by atoms with Crippen LogP contribution < -0.4 is 14.8 Å². The highest BCUT2D eigenvalue weighted by Gasteiger charge is 2.27. The Morgan fingerprint density at radius 2 is 1.97 bits per heavy atom. The molecule has 3 atom stereocenters. The normalized spacial score (nSPS) is 18.6. The van der Waals surface area contributed by atoms with Gasteiger partial charge in [0, 0.05) is 13.0 Å². The van der Waals surface area contributed by atoms with Crippen LogP contribution in [0.15, 0.2) is 42.5 Å². The molecule has 0 aliphatic heterocycles. The molecule has 0 heterocycles. The number of hydrogen-bond donors (Lipinski definition) is 2. The van der Waals surface area contributed by atoms with Gasteiger partial charge in [0.15, 0.2) is 17.3 Å². The number of Topliss-reactive ketones (excluding diaryl/α,β-unsaturated/α-hetero) is 1. The molecule has 2 N–H and O–H groups in total. The zero-order chi connectivity index (χ0) is 24.3. The summed E-state index contributed by atoms with van der Waals surface area (Å²) in [6.07, 6.45) is 5.84. The Bertz CT molecular complexity index is 902. The van der Waals surface area contributed by atoms with Gasteiger partial charge in [0.2, 0.25) is 0 Å². The zero-order valence-corrected chi connectivity index (χ0v) is 20.4. The average Bonchev–Trinajstić information content (AvgIpc) is 3.31. The number of nitrogens with one attached hydrogen (secondary N) is 1. The lowest BCUT2D eigenvalue weighted by Gasteiger charge is -2.18. The van der Waals surface area contributed by atoms with Crippen LogP contribution in [0, 0.1) is 11.7 Å². The van der Waals surface area contributed by atoms with E-state index in [9.17, 15) is 9.18 Å². The molecule has 2 aromatic rings. The van der Waals surface area contributed by atoms with Gasteiger partial charge in [0.25, 0.3) is 0 Å². The Morgan fingerprint density at radius 3 is 2.71 bits per heavy atom. The minimum atomic E-state index is -0.317. The molecule has 0 saturated heterocycles. The van der Waals surface area contributed by atoms with E-state index in [0.717, 1.165) is 37.1 Å². The van der Waals surface area contributed by atoms with Gasteiger partial charge in [0.1, 0.15) is 12.4 Å². The van der Waals surface area contributed by atoms with Crippen LogP contribution in [0.25, 0.3) is 0 Å². The summed E-state index contributed by atoms with van der Waals surface area (Å²) < 4.78 is 24.5. The number of methoxy groups -OCH3 is 1. The molecule has 0 spiro atoms. The number of rotatable bonds is 14. The van der Waals surface area contributed by atoms with Crippen molar-refractivity contribution in [2.45, 2.75) is 57.3 Å². The molecule has 1 aliphatic carbocycles. The van der Waals surface area contributed by atoms with Crippen molar-refractivity contribution in [3.05, 3.63) is 59.4 Å². The van der Waals surface area contributed by atoms with Crippen molar-refractivity contribution >= 4 is 5.78 Å². The van der Waals surface area contributed by atoms with Crippen LogP contribution in [0.1, 0.15) is 68.4 Å². The van der Waals surface area contributed by atoms with Crippen molar-refractivity contribution in [2.24, 2.45) is 5.92 Å². The Balaban J connectivity index is 1.42. The van der Waals surface area contributed by atoms with Crippen LogP contribution in [0.5, 0.6) is 11.5 Å². The number of carbonyl (C=O) groups excluding carboxylic acids is 1. The summed E-state index contributed by atoms with van der Waals surface area (Å²) in [5.74, 6) is 2.36. The molecule has 0 amide bonds. The molecule has 34 heavy (non-hydrogen) atoms. The van der Waals surface area contributed by atoms with Gasteiger partial charge in [-0.15, -0.1) is 0 Å². The number of aliphatic hydroxyl groups excluding tert-OH is 1. The summed E-state index contributed by atoms with van der Waals surface area (Å²) in [4.78, 5) is 12.0. The number of halogens is 1. The molecule has 0 radical (unpaired) electrons. The van der Waals surface area contributed by atoms with Gasteiger partial charge in [-0.05, 0) is 91.8 Å². The second-order valence-corrected chi connectivity index (χ2v) is 9.38. The van der Waals surface area contributed by atoms with Crippen LogP contribution >= 0.6 is 0 Å². The molecule has 2 aromatic carbocycles. The molecule has 1 fully saturated rings. The number of carbonyl (C=O) groups is 1. The Labute approximate surface area is 202 Å². The first-order valence-corrected chi connectivity index (χ1v) is 12.4. The first-order valence-electron chi connectivity index (χ1n) is 12.4. The van der Waals surface area contributed by atoms with E-state index in [4.69, 9.17) is 14.6 Å². The summed E-state index contributed by atoms with van der Waals surface area (Å²) >= 11 is 0. The number of ketones is 1. The first-order chi connectivity index (χ1) is 16.5. The van der Waals surface area contributed by atoms with Crippen LogP contribution in [0.3, 0.4) is 0 Å². The standard InChI is InChI=1S/C28H38FNO4/c1-20(23-9-12-27(29)28(18-23)33-2)16-21-5-6-24(17-21)22-7-10-26(11-8-22)34-19-25(32)4-3-13-30-14-15-31/h7-12,18,20-21,24,30-31H,3-6,13-17,19H2,1-2H3/t20-,21+,24+/m0/s1. The topological polar surface area (TPSA) is 67.8 Å². The molecule has 1 aliphatic rings. The third kappa shape index (κ3) is 7.81. The molecule has 0 aromatic heterocycles. The van der Waals surface area contributed by atoms with Crippen LogP contribution in [-0.4, -0.2) is 44.3 Å². The Hall–Kier alpha value is -2.44. The smallest absolute Gasteiger partial charge is 0.170 e. The summed E-state index contributed by atoms with van der Waals surface area (Å²) in [6, 6.07) is 13.4. The minimum absolute atomic E-state index is 0.0846. The minimum Gasteiger partial charge on any atom is -0.494 e. The van der Waals surface area contributed by atoms with Gasteiger partial charge in [-0.1, -0.05) is 25.1 Å². The molecule has 6 heteroatoms. The zero-order valence-electron chi connectivity index (χ0n) is 20.4. The monoisotopic (exact) mass is 471 g/mol. The van der Waals surface area contributed by atoms with Crippen LogP contribution in [-0.2, 0) is 4.79 Å². The van der Waals surface area contributed by atoms with Gasteiger partial charge in [-0.2, -0.15) is 0 Å². The van der Waals surface area contributed by atoms with Crippen molar-refractivity contribution in [1.29, 1.82) is 0 Å². The van der Waals surface area contributed by atoms with Gasteiger partial charge in [-0.25, -0.2) is 4.39 Å². The fourth-order valence-corrected chi connectivity index (χ4v) is 4.90. The maximum atomic E-state index is 13.7. The third-order valence-corrected chi connectivity index (χ3v) is 6.82. The SMILES string of the molecule is COc1cc([C@@H](C)C[C@H]2CC[C@@H](c3ccc(OCC(=O)CCCNCCO)cc3)C2)ccc1F. The summed E-state index contributed by atoms with van der Waals surface area (Å²) in [6.45, 7) is 3.69. The van der Waals surface area contributed by atoms with E-state index in [1.807, 2.05) is 24.3 Å². The number of hydrogen-bond acceptors (Lipinski definition) is 5. The lowest BCUT2D eigenvalue weighted by atomic mass is 9.88. The van der Waals surface area contributed by atoms with Gasteiger partial charge in [-0.3, -0.25) is 4.79 Å². The molecule has 1 saturated carbocycles. The van der Waals surface area contributed by atoms with E-state index in [-0.39, 0.29) is 24.8 Å². The third-order valence-electron chi connectivity index (χ3n) is 6.82. The van der Waals surface area contributed by atoms with Gasteiger partial charge in [0.05, 0.1) is 13.7 Å². The molecular formula is C28H38FNO4. The molecule has 3 rings (SSSR count). The molecule has 186 valence electrons. The number of aliphatic hydroxyl groups is 1. The largest absolute Gasteiger partial charge is 0.494 e. The predicted molar refractivity (Wildman–Crippen MR) is 132 cm³/mol. The Kier molecular flexibility index (Phi) is 10.4. The molecule has 0 unspecified atom stereocenters. The highest BCUT2D eigenvalue weighted by molar-refractivity contribution is 5.79. The highest BCUT2D eigenvalue weighted by Crippen LogP contribution is 2.43. The molecule has 5 nitrogen and oxygen atoms in total. The lowest BCUT2D eigenvalue weighted by Crippen LogP contribution is -2.21. The summed E-state index contributed by atoms with van der Waals surface area (Å²) in [5, 5.41) is 11.8. The molecular weight excluding hydrogens is 433 g/mol. The summed E-state index contributed by atoms with van der Waals surface area (Å²) in [7, 11) is 1.50. The second kappa shape index (κ2) is 13.4. The quantitative estimate of drug-likeness (QED) is 0.370. The number of ether oxygens (including phenoxy) is 2. The van der Waals surface area contributed by atoms with E-state index < -0.39 is 0 Å². The van der Waals surface area contributed by atoms with Crippen LogP contribution in [0.4, 0.5) is 4.39 Å². The van der Waals surface area contributed by atoms with E-state index in [2.05, 4.69) is 24.4 Å². The van der Waals surface area contributed by atoms with Crippen molar-refractivity contribution in [3.63, 3.8) is 0 Å². The van der Waals surface area contributed by atoms with E-state index in [0.29, 0.717) is 36.5 Å². The highest BCUT2D eigenvalue weighted by atomic mass is 19.1. The number of benzene rings is 2. The van der Waals surface area contributed by atoms with Crippen molar-refractivity contribution in [1.82, 2.24) is 5.32 Å². The maximum Gasteiger partial charge on any atom is 0.170 e. The maximum absolute atomic E-state index is 13.7. The second-order valence-electron chi connectivity index (χ2n) is 9.38. The van der Waals surface area contributed by atoms with Gasteiger partial charge < -0.3 is 19.9 Å². The van der Waals surface area contributed by atoms with E-state index in [1.165, 1.54) is 31.6 Å². The first kappa shape index (κ1) is 26.2. The Morgan fingerprint density at radius 1 is 1.18 bits per heavy atom. The fraction of sp³-hybridized carbons (Fsp3) is 0.536. The lowest BCUT2D eigenvalue weighted by molar-refractivity contribution is -0.121. The fourth-order valence-electron chi connectivity index (χ4n) is 4.90. The van der Waals surface area contributed by atoms with E-state index in [1.54, 1.807) is 0 Å². The van der Waals surface area contributed by atoms with Crippen molar-refractivity contribution in [2.75, 3.05) is 33.4 Å². The van der Waals surface area contributed by atoms with E-state index >= 15 is 0 Å².